The van der Waals surface area contributed by atoms with E-state index < -0.39 is 11.9 Å². The monoisotopic (exact) mass is 566 g/mol. The number of nitrogens with one attached hydrogen (secondary N) is 2. The van der Waals surface area contributed by atoms with Crippen LogP contribution in [0.15, 0.2) is 33.0 Å². The Morgan fingerprint density at radius 2 is 2.04 bits per heavy atom. The number of halogens is 6. The summed E-state index contributed by atoms with van der Waals surface area (Å²) < 4.78 is 52.0. The third kappa shape index (κ3) is 6.99. The molecule has 0 radical (unpaired) electrons. The molecule has 11 heteroatoms. The highest BCUT2D eigenvalue weighted by Crippen LogP contribution is 2.29. The minimum atomic E-state index is -4.44. The fraction of sp³-hybridized carbons (Fsp3) is 0.333. The van der Waals surface area contributed by atoms with Gasteiger partial charge in [0.05, 0.1) is 6.54 Å². The summed E-state index contributed by atoms with van der Waals surface area (Å²) in [6, 6.07) is 4.70. The molecule has 4 nitrogen and oxygen atoms in total. The first kappa shape index (κ1) is 23.1. The van der Waals surface area contributed by atoms with Crippen LogP contribution < -0.4 is 10.6 Å². The van der Waals surface area contributed by atoms with Gasteiger partial charge in [-0.2, -0.15) is 13.2 Å². The average Bonchev–Trinajstić information content (AvgIpc) is 3.03. The van der Waals surface area contributed by atoms with Crippen LogP contribution in [-0.4, -0.2) is 24.5 Å². The van der Waals surface area contributed by atoms with Gasteiger partial charge in [0.1, 0.15) is 10.8 Å². The Morgan fingerprint density at radius 3 is 2.65 bits per heavy atom. The molecule has 0 aliphatic heterocycles. The van der Waals surface area contributed by atoms with E-state index in [4.69, 9.17) is 0 Å². The van der Waals surface area contributed by atoms with Crippen LogP contribution in [0.25, 0.3) is 0 Å². The molecule has 1 heterocycles. The van der Waals surface area contributed by atoms with Crippen molar-refractivity contribution >= 4 is 57.2 Å². The number of nitrogens with zero attached hydrogens (tertiary/aromatic N) is 2. The molecule has 0 unspecified atom stereocenters. The molecule has 2 rings (SSSR count). The smallest absolute Gasteiger partial charge is 0.356 e. The van der Waals surface area contributed by atoms with Crippen LogP contribution in [0.2, 0.25) is 0 Å². The highest BCUT2D eigenvalue weighted by molar-refractivity contribution is 14.0. The van der Waals surface area contributed by atoms with Crippen molar-refractivity contribution in [3.8, 4) is 0 Å². The number of hydrogen-bond donors (Lipinski definition) is 2. The molecule has 1 aromatic carbocycles. The van der Waals surface area contributed by atoms with Crippen molar-refractivity contribution in [2.45, 2.75) is 19.1 Å². The number of aliphatic imine (C=N–C) groups is 1. The summed E-state index contributed by atoms with van der Waals surface area (Å²) in [5.41, 5.74) is -0.352. The molecular formula is C15H16BrF4IN4S. The van der Waals surface area contributed by atoms with Gasteiger partial charge in [0, 0.05) is 23.4 Å². The van der Waals surface area contributed by atoms with Gasteiger partial charge in [-0.1, -0.05) is 15.9 Å². The van der Waals surface area contributed by atoms with E-state index in [0.29, 0.717) is 29.5 Å². The number of rotatable bonds is 5. The Morgan fingerprint density at radius 1 is 1.31 bits per heavy atom. The highest BCUT2D eigenvalue weighted by atomic mass is 127. The molecule has 0 bridgehead atoms. The predicted octanol–water partition coefficient (Wildman–Crippen LogP) is 4.59. The number of thiazole rings is 1. The van der Waals surface area contributed by atoms with Gasteiger partial charge in [-0.3, -0.25) is 4.99 Å². The Balaban J connectivity index is 0.00000338. The van der Waals surface area contributed by atoms with E-state index in [9.17, 15) is 17.6 Å². The second kappa shape index (κ2) is 10.4. The summed E-state index contributed by atoms with van der Waals surface area (Å²) in [5, 5.41) is 7.14. The molecule has 1 aromatic heterocycles. The van der Waals surface area contributed by atoms with E-state index in [1.807, 2.05) is 0 Å². The first-order valence-electron chi connectivity index (χ1n) is 7.19. The first-order valence-corrected chi connectivity index (χ1v) is 8.87. The summed E-state index contributed by atoms with van der Waals surface area (Å²) in [4.78, 5) is 7.51. The van der Waals surface area contributed by atoms with Gasteiger partial charge in [-0.05, 0) is 30.2 Å². The van der Waals surface area contributed by atoms with E-state index in [-0.39, 0.29) is 36.3 Å². The second-order valence-electron chi connectivity index (χ2n) is 4.96. The maximum atomic E-state index is 13.7. The Kier molecular flexibility index (Phi) is 9.24. The van der Waals surface area contributed by atoms with E-state index in [1.54, 1.807) is 12.1 Å². The van der Waals surface area contributed by atoms with Crippen LogP contribution >= 0.6 is 51.2 Å². The molecule has 0 aliphatic rings. The maximum Gasteiger partial charge on any atom is 0.434 e. The van der Waals surface area contributed by atoms with Crippen molar-refractivity contribution in [3.05, 3.63) is 50.1 Å². The molecule has 0 fully saturated rings. The van der Waals surface area contributed by atoms with Crippen molar-refractivity contribution in [2.75, 3.05) is 13.6 Å². The van der Waals surface area contributed by atoms with Gasteiger partial charge in [-0.25, -0.2) is 9.37 Å². The molecule has 2 aromatic rings. The first-order chi connectivity index (χ1) is 11.8. The minimum absolute atomic E-state index is 0. The number of alkyl halides is 3. The van der Waals surface area contributed by atoms with Crippen molar-refractivity contribution < 1.29 is 17.6 Å². The third-order valence-electron chi connectivity index (χ3n) is 3.17. The van der Waals surface area contributed by atoms with Gasteiger partial charge in [0.2, 0.25) is 0 Å². The SMILES string of the molecule is CN=C(NCCc1cc(Br)ccc1F)NCc1nc(C(F)(F)F)cs1.I. The lowest BCUT2D eigenvalue weighted by Gasteiger charge is -2.11. The molecule has 144 valence electrons. The van der Waals surface area contributed by atoms with E-state index >= 15 is 0 Å². The molecule has 0 aliphatic carbocycles. The maximum absolute atomic E-state index is 13.7. The van der Waals surface area contributed by atoms with Crippen LogP contribution in [0.3, 0.4) is 0 Å². The topological polar surface area (TPSA) is 49.3 Å². The fourth-order valence-electron chi connectivity index (χ4n) is 1.95. The summed E-state index contributed by atoms with van der Waals surface area (Å²) in [6.07, 6.45) is -4.01. The standard InChI is InChI=1S/C15H15BrF4N4S.HI/c1-21-14(22-5-4-9-6-10(16)2-3-11(9)17)23-7-13-24-12(8-25-13)15(18,19)20;/h2-3,6,8H,4-5,7H2,1H3,(H2,21,22,23);1H. The zero-order valence-corrected chi connectivity index (χ0v) is 18.3. The van der Waals surface area contributed by atoms with Crippen LogP contribution in [0.5, 0.6) is 0 Å². The third-order valence-corrected chi connectivity index (χ3v) is 4.51. The van der Waals surface area contributed by atoms with Crippen molar-refractivity contribution in [2.24, 2.45) is 4.99 Å². The molecule has 2 N–H and O–H groups in total. The van der Waals surface area contributed by atoms with E-state index in [2.05, 4.69) is 36.5 Å². The number of hydrogen-bond acceptors (Lipinski definition) is 3. The Labute approximate surface area is 177 Å². The van der Waals surface area contributed by atoms with Gasteiger partial charge in [0.25, 0.3) is 0 Å². The largest absolute Gasteiger partial charge is 0.434 e. The van der Waals surface area contributed by atoms with Crippen LogP contribution in [0.4, 0.5) is 17.6 Å². The summed E-state index contributed by atoms with van der Waals surface area (Å²) >= 11 is 4.21. The average molecular weight is 567 g/mol. The normalized spacial score (nSPS) is 11.8. The van der Waals surface area contributed by atoms with Gasteiger partial charge < -0.3 is 10.6 Å². The molecule has 0 saturated carbocycles. The van der Waals surface area contributed by atoms with E-state index in [0.717, 1.165) is 21.2 Å². The van der Waals surface area contributed by atoms with Crippen LogP contribution in [0, 0.1) is 5.82 Å². The van der Waals surface area contributed by atoms with Crippen molar-refractivity contribution in [1.29, 1.82) is 0 Å². The summed E-state index contributed by atoms with van der Waals surface area (Å²) in [7, 11) is 1.54. The molecule has 26 heavy (non-hydrogen) atoms. The molecule has 0 amide bonds. The lowest BCUT2D eigenvalue weighted by Crippen LogP contribution is -2.37. The number of guanidine groups is 1. The second-order valence-corrected chi connectivity index (χ2v) is 6.82. The zero-order chi connectivity index (χ0) is 18.4. The molecule has 0 atom stereocenters. The Hall–Kier alpha value is -0.950. The van der Waals surface area contributed by atoms with Crippen molar-refractivity contribution in [1.82, 2.24) is 15.6 Å². The molecule has 0 spiro atoms. The summed E-state index contributed by atoms with van der Waals surface area (Å²) in [5.74, 6) is 0.106. The molecule has 0 saturated heterocycles. The van der Waals surface area contributed by atoms with E-state index in [1.165, 1.54) is 13.1 Å². The van der Waals surface area contributed by atoms with Crippen LogP contribution in [-0.2, 0) is 19.1 Å². The van der Waals surface area contributed by atoms with Crippen molar-refractivity contribution in [3.63, 3.8) is 0 Å². The highest BCUT2D eigenvalue weighted by Gasteiger charge is 2.33. The zero-order valence-electron chi connectivity index (χ0n) is 13.5. The number of aromatic nitrogens is 1. The lowest BCUT2D eigenvalue weighted by atomic mass is 10.1. The molecular weight excluding hydrogens is 551 g/mol. The summed E-state index contributed by atoms with van der Waals surface area (Å²) in [6.45, 7) is 0.532. The Bertz CT molecular complexity index is 751. The van der Waals surface area contributed by atoms with Gasteiger partial charge >= 0.3 is 6.18 Å². The minimum Gasteiger partial charge on any atom is -0.356 e. The fourth-order valence-corrected chi connectivity index (χ4v) is 3.10. The van der Waals surface area contributed by atoms with Crippen LogP contribution in [0.1, 0.15) is 16.3 Å². The lowest BCUT2D eigenvalue weighted by molar-refractivity contribution is -0.140. The number of benzene rings is 1. The van der Waals surface area contributed by atoms with Gasteiger partial charge in [0.15, 0.2) is 11.7 Å². The predicted molar refractivity (Wildman–Crippen MR) is 109 cm³/mol. The van der Waals surface area contributed by atoms with Gasteiger partial charge in [-0.15, -0.1) is 35.3 Å². The quantitative estimate of drug-likeness (QED) is 0.241.